The summed E-state index contributed by atoms with van der Waals surface area (Å²) in [6.45, 7) is 8.10. The summed E-state index contributed by atoms with van der Waals surface area (Å²) in [4.78, 5) is 14.6. The molecule has 3 heteroatoms. The second-order valence-corrected chi connectivity index (χ2v) is 3.88. The number of carbonyl (C=O) groups excluding carboxylic acids is 1. The van der Waals surface area contributed by atoms with Crippen LogP contribution in [0, 0.1) is 6.92 Å². The fraction of sp³-hybridized carbons (Fsp3) is 0.556. The molecule has 0 saturated carbocycles. The largest absolute Gasteiger partial charge is 0.321 e. The molecule has 12 heavy (non-hydrogen) atoms. The zero-order chi connectivity index (χ0) is 9.35. The van der Waals surface area contributed by atoms with Gasteiger partial charge in [0.1, 0.15) is 0 Å². The molecule has 1 heterocycles. The van der Waals surface area contributed by atoms with Gasteiger partial charge < -0.3 is 4.57 Å². The van der Waals surface area contributed by atoms with Crippen molar-refractivity contribution >= 4 is 6.29 Å². The van der Waals surface area contributed by atoms with Gasteiger partial charge in [0, 0.05) is 17.4 Å². The minimum absolute atomic E-state index is 0.0726. The fourth-order valence-corrected chi connectivity index (χ4v) is 1.41. The molecule has 1 aromatic heterocycles. The van der Waals surface area contributed by atoms with E-state index < -0.39 is 0 Å². The van der Waals surface area contributed by atoms with Gasteiger partial charge in [0.05, 0.1) is 0 Å². The van der Waals surface area contributed by atoms with Crippen LogP contribution in [0.3, 0.4) is 0 Å². The molecule has 66 valence electrons. The smallest absolute Gasteiger partial charge is 0.185 e. The third-order valence-corrected chi connectivity index (χ3v) is 1.74. The molecule has 0 aliphatic rings. The van der Waals surface area contributed by atoms with Crippen molar-refractivity contribution in [2.75, 3.05) is 0 Å². The number of nitrogens with zero attached hydrogens (tertiary/aromatic N) is 2. The molecule has 0 aliphatic carbocycles. The van der Waals surface area contributed by atoms with E-state index in [2.05, 4.69) is 25.8 Å². The lowest BCUT2D eigenvalue weighted by Crippen LogP contribution is -2.25. The van der Waals surface area contributed by atoms with Gasteiger partial charge in [0.25, 0.3) is 0 Å². The maximum Gasteiger partial charge on any atom is 0.185 e. The van der Waals surface area contributed by atoms with Crippen molar-refractivity contribution in [2.45, 2.75) is 33.2 Å². The summed E-state index contributed by atoms with van der Waals surface area (Å²) in [6.07, 6.45) is 2.51. The highest BCUT2D eigenvalue weighted by Gasteiger charge is 2.18. The number of hydrogen-bond acceptors (Lipinski definition) is 2. The third kappa shape index (κ3) is 1.40. The molecule has 0 atom stereocenters. The van der Waals surface area contributed by atoms with E-state index in [1.54, 1.807) is 6.20 Å². The van der Waals surface area contributed by atoms with Crippen molar-refractivity contribution in [1.82, 2.24) is 9.55 Å². The van der Waals surface area contributed by atoms with Crippen LogP contribution in [0.25, 0.3) is 0 Å². The summed E-state index contributed by atoms with van der Waals surface area (Å²) >= 11 is 0. The van der Waals surface area contributed by atoms with E-state index in [1.807, 2.05) is 11.5 Å². The van der Waals surface area contributed by atoms with Gasteiger partial charge in [-0.2, -0.15) is 0 Å². The SMILES string of the molecule is Cc1cnc(C=O)n1C(C)(C)C. The van der Waals surface area contributed by atoms with Crippen LogP contribution in [0.2, 0.25) is 0 Å². The van der Waals surface area contributed by atoms with E-state index in [1.165, 1.54) is 0 Å². The molecule has 0 spiro atoms. The Labute approximate surface area is 72.4 Å². The minimum Gasteiger partial charge on any atom is -0.321 e. The Balaban J connectivity index is 3.28. The van der Waals surface area contributed by atoms with Gasteiger partial charge >= 0.3 is 0 Å². The average Bonchev–Trinajstić information content (AvgIpc) is 2.29. The van der Waals surface area contributed by atoms with E-state index in [-0.39, 0.29) is 5.54 Å². The molecule has 0 N–H and O–H groups in total. The van der Waals surface area contributed by atoms with Gasteiger partial charge in [-0.15, -0.1) is 0 Å². The number of rotatable bonds is 1. The number of hydrogen-bond donors (Lipinski definition) is 0. The maximum atomic E-state index is 10.6. The summed E-state index contributed by atoms with van der Waals surface area (Å²) in [5.74, 6) is 0.500. The van der Waals surface area contributed by atoms with Crippen LogP contribution in [0.15, 0.2) is 6.20 Å². The maximum absolute atomic E-state index is 10.6. The van der Waals surface area contributed by atoms with Gasteiger partial charge in [0.15, 0.2) is 12.1 Å². The topological polar surface area (TPSA) is 34.9 Å². The first-order chi connectivity index (χ1) is 5.46. The molecule has 0 aliphatic heterocycles. The van der Waals surface area contributed by atoms with Crippen LogP contribution in [0.4, 0.5) is 0 Å². The van der Waals surface area contributed by atoms with Gasteiger partial charge in [0.2, 0.25) is 0 Å². The highest BCUT2D eigenvalue weighted by molar-refractivity contribution is 5.69. The second-order valence-electron chi connectivity index (χ2n) is 3.88. The quantitative estimate of drug-likeness (QED) is 0.596. The van der Waals surface area contributed by atoms with Crippen molar-refractivity contribution in [3.8, 4) is 0 Å². The molecule has 0 amide bonds. The first-order valence-corrected chi connectivity index (χ1v) is 3.97. The monoisotopic (exact) mass is 166 g/mol. The Hall–Kier alpha value is -1.12. The standard InChI is InChI=1S/C9H14N2O/c1-7-5-10-8(6-12)11(7)9(2,3)4/h5-6H,1-4H3. The molecule has 0 fully saturated rings. The summed E-state index contributed by atoms with van der Waals surface area (Å²) < 4.78 is 1.93. The normalized spacial score (nSPS) is 11.7. The fourth-order valence-electron chi connectivity index (χ4n) is 1.41. The van der Waals surface area contributed by atoms with E-state index in [0.717, 1.165) is 12.0 Å². The molecule has 0 radical (unpaired) electrons. The molecule has 3 nitrogen and oxygen atoms in total. The van der Waals surface area contributed by atoms with Crippen molar-refractivity contribution in [1.29, 1.82) is 0 Å². The summed E-state index contributed by atoms with van der Waals surface area (Å²) in [7, 11) is 0. The number of aryl methyl sites for hydroxylation is 1. The molecular weight excluding hydrogens is 152 g/mol. The van der Waals surface area contributed by atoms with Gasteiger partial charge in [-0.25, -0.2) is 4.98 Å². The number of aromatic nitrogens is 2. The first-order valence-electron chi connectivity index (χ1n) is 3.97. The van der Waals surface area contributed by atoms with Crippen molar-refractivity contribution in [3.05, 3.63) is 17.7 Å². The van der Waals surface area contributed by atoms with Gasteiger partial charge in [-0.3, -0.25) is 4.79 Å². The van der Waals surface area contributed by atoms with Gasteiger partial charge in [-0.05, 0) is 27.7 Å². The van der Waals surface area contributed by atoms with Crippen LogP contribution in [0.5, 0.6) is 0 Å². The lowest BCUT2D eigenvalue weighted by atomic mass is 10.1. The first kappa shape index (κ1) is 8.97. The number of imidazole rings is 1. The molecule has 0 aromatic carbocycles. The van der Waals surface area contributed by atoms with Crippen molar-refractivity contribution in [2.24, 2.45) is 0 Å². The van der Waals surface area contributed by atoms with E-state index in [9.17, 15) is 4.79 Å². The molecule has 0 bridgehead atoms. The van der Waals surface area contributed by atoms with Crippen LogP contribution >= 0.6 is 0 Å². The van der Waals surface area contributed by atoms with Crippen LogP contribution in [-0.4, -0.2) is 15.8 Å². The van der Waals surface area contributed by atoms with Crippen LogP contribution in [0.1, 0.15) is 37.1 Å². The zero-order valence-electron chi connectivity index (χ0n) is 7.96. The summed E-state index contributed by atoms with van der Waals surface area (Å²) in [6, 6.07) is 0. The number of aldehydes is 1. The Bertz CT molecular complexity index is 294. The van der Waals surface area contributed by atoms with Crippen LogP contribution < -0.4 is 0 Å². The van der Waals surface area contributed by atoms with E-state index >= 15 is 0 Å². The zero-order valence-corrected chi connectivity index (χ0v) is 7.96. The van der Waals surface area contributed by atoms with Gasteiger partial charge in [-0.1, -0.05) is 0 Å². The van der Waals surface area contributed by atoms with E-state index in [4.69, 9.17) is 0 Å². The highest BCUT2D eigenvalue weighted by atomic mass is 16.1. The van der Waals surface area contributed by atoms with Crippen molar-refractivity contribution in [3.63, 3.8) is 0 Å². The Kier molecular flexibility index (Phi) is 2.04. The summed E-state index contributed by atoms with van der Waals surface area (Å²) in [5.41, 5.74) is 0.946. The Morgan fingerprint density at radius 3 is 2.42 bits per heavy atom. The lowest BCUT2D eigenvalue weighted by molar-refractivity contribution is 0.110. The molecule has 0 saturated heterocycles. The summed E-state index contributed by atoms with van der Waals surface area (Å²) in [5, 5.41) is 0. The molecule has 0 unspecified atom stereocenters. The highest BCUT2D eigenvalue weighted by Crippen LogP contribution is 2.18. The minimum atomic E-state index is -0.0726. The predicted molar refractivity (Wildman–Crippen MR) is 47.3 cm³/mol. The van der Waals surface area contributed by atoms with Crippen molar-refractivity contribution < 1.29 is 4.79 Å². The predicted octanol–water partition coefficient (Wildman–Crippen LogP) is 1.76. The lowest BCUT2D eigenvalue weighted by Gasteiger charge is -2.23. The Morgan fingerprint density at radius 1 is 1.50 bits per heavy atom. The molecular formula is C9H14N2O. The van der Waals surface area contributed by atoms with E-state index in [0.29, 0.717) is 5.82 Å². The Morgan fingerprint density at radius 2 is 2.08 bits per heavy atom. The van der Waals surface area contributed by atoms with Crippen LogP contribution in [-0.2, 0) is 5.54 Å². The third-order valence-electron chi connectivity index (χ3n) is 1.74. The second kappa shape index (κ2) is 2.73. The molecule has 1 rings (SSSR count). The number of carbonyl (C=O) groups is 1. The average molecular weight is 166 g/mol. The molecule has 1 aromatic rings.